The molecule has 2 amide bonds. The second kappa shape index (κ2) is 3.80. The van der Waals surface area contributed by atoms with Crippen LogP contribution in [0.25, 0.3) is 0 Å². The van der Waals surface area contributed by atoms with Gasteiger partial charge in [0.15, 0.2) is 0 Å². The van der Waals surface area contributed by atoms with Gasteiger partial charge in [0, 0.05) is 12.3 Å². The first-order valence-electron chi connectivity index (χ1n) is 5.66. The maximum absolute atomic E-state index is 12.0. The summed E-state index contributed by atoms with van der Waals surface area (Å²) in [6.07, 6.45) is 3.70. The van der Waals surface area contributed by atoms with Gasteiger partial charge in [-0.15, -0.1) is 0 Å². The van der Waals surface area contributed by atoms with Crippen LogP contribution < -0.4 is 5.73 Å². The molecule has 0 radical (unpaired) electrons. The fourth-order valence-corrected chi connectivity index (χ4v) is 3.07. The smallest absolute Gasteiger partial charge is 0.233 e. The van der Waals surface area contributed by atoms with Crippen LogP contribution in [0.3, 0.4) is 0 Å². The Kier molecular flexibility index (Phi) is 2.74. The van der Waals surface area contributed by atoms with Crippen molar-refractivity contribution in [3.05, 3.63) is 0 Å². The molecule has 1 aliphatic heterocycles. The number of carbonyl (C=O) groups excluding carboxylic acids is 2. The average molecular weight is 240 g/mol. The van der Waals surface area contributed by atoms with E-state index in [0.717, 1.165) is 25.7 Å². The molecule has 2 N–H and O–H groups in total. The number of rotatable bonds is 2. The van der Waals surface area contributed by atoms with Crippen LogP contribution in [0.15, 0.2) is 0 Å². The van der Waals surface area contributed by atoms with Crippen LogP contribution in [0.5, 0.6) is 0 Å². The van der Waals surface area contributed by atoms with Gasteiger partial charge in [-0.3, -0.25) is 14.5 Å². The molecule has 1 aliphatic carbocycles. The number of amides is 2. The predicted octanol–water partition coefficient (Wildman–Crippen LogP) is 0.980. The Morgan fingerprint density at radius 1 is 1.44 bits per heavy atom. The van der Waals surface area contributed by atoms with Gasteiger partial charge in [0.05, 0.1) is 4.99 Å². The highest BCUT2D eigenvalue weighted by Gasteiger charge is 2.52. The van der Waals surface area contributed by atoms with Crippen LogP contribution in [0, 0.1) is 5.92 Å². The van der Waals surface area contributed by atoms with E-state index in [2.05, 4.69) is 0 Å². The third-order valence-corrected chi connectivity index (χ3v) is 4.07. The summed E-state index contributed by atoms with van der Waals surface area (Å²) >= 11 is 5.08. The van der Waals surface area contributed by atoms with E-state index in [1.165, 1.54) is 4.90 Å². The molecule has 4 nitrogen and oxygen atoms in total. The molecule has 1 heterocycles. The highest BCUT2D eigenvalue weighted by atomic mass is 32.1. The first-order valence-corrected chi connectivity index (χ1v) is 6.07. The monoisotopic (exact) mass is 240 g/mol. The topological polar surface area (TPSA) is 63.4 Å². The van der Waals surface area contributed by atoms with Crippen LogP contribution >= 0.6 is 12.2 Å². The molecule has 2 fully saturated rings. The lowest BCUT2D eigenvalue weighted by molar-refractivity contribution is -0.143. The van der Waals surface area contributed by atoms with Crippen molar-refractivity contribution in [2.24, 2.45) is 11.7 Å². The van der Waals surface area contributed by atoms with Crippen molar-refractivity contribution in [1.82, 2.24) is 4.90 Å². The molecule has 0 aromatic carbocycles. The summed E-state index contributed by atoms with van der Waals surface area (Å²) in [5, 5.41) is 0. The Morgan fingerprint density at radius 3 is 2.38 bits per heavy atom. The predicted molar refractivity (Wildman–Crippen MR) is 63.6 cm³/mol. The number of imide groups is 1. The second-order valence-electron chi connectivity index (χ2n) is 4.78. The van der Waals surface area contributed by atoms with Gasteiger partial charge >= 0.3 is 0 Å². The lowest BCUT2D eigenvalue weighted by Crippen LogP contribution is -2.57. The summed E-state index contributed by atoms with van der Waals surface area (Å²) in [5.74, 6) is -0.453. The minimum Gasteiger partial charge on any atom is -0.391 e. The van der Waals surface area contributed by atoms with Gasteiger partial charge in [0.2, 0.25) is 11.8 Å². The van der Waals surface area contributed by atoms with E-state index < -0.39 is 5.54 Å². The molecule has 0 bridgehead atoms. The van der Waals surface area contributed by atoms with Crippen LogP contribution in [0.2, 0.25) is 0 Å². The summed E-state index contributed by atoms with van der Waals surface area (Å²) in [6.45, 7) is 1.78. The molecule has 16 heavy (non-hydrogen) atoms. The Bertz CT molecular complexity index is 361. The molecule has 0 aromatic heterocycles. The maximum Gasteiger partial charge on any atom is 0.233 e. The quantitative estimate of drug-likeness (QED) is 0.577. The van der Waals surface area contributed by atoms with Gasteiger partial charge in [0.25, 0.3) is 0 Å². The number of nitrogens with two attached hydrogens (primary N) is 1. The summed E-state index contributed by atoms with van der Waals surface area (Å²) in [6, 6.07) is 0. The highest BCUT2D eigenvalue weighted by molar-refractivity contribution is 7.80. The first-order chi connectivity index (χ1) is 7.49. The Labute approximate surface area is 100 Å². The highest BCUT2D eigenvalue weighted by Crippen LogP contribution is 2.39. The molecule has 0 aromatic rings. The summed E-state index contributed by atoms with van der Waals surface area (Å²) in [4.78, 5) is 25.5. The third kappa shape index (κ3) is 1.45. The Hall–Kier alpha value is -0.970. The summed E-state index contributed by atoms with van der Waals surface area (Å²) in [5.41, 5.74) is 5.11. The van der Waals surface area contributed by atoms with Crippen molar-refractivity contribution in [1.29, 1.82) is 0 Å². The molecule has 1 saturated carbocycles. The molecule has 2 rings (SSSR count). The van der Waals surface area contributed by atoms with E-state index in [9.17, 15) is 9.59 Å². The van der Waals surface area contributed by atoms with Crippen LogP contribution in [-0.2, 0) is 9.59 Å². The van der Waals surface area contributed by atoms with Gasteiger partial charge in [-0.2, -0.15) is 0 Å². The zero-order chi connectivity index (χ0) is 11.9. The summed E-state index contributed by atoms with van der Waals surface area (Å²) in [7, 11) is 0. The SMILES string of the molecule is CC1CC(=O)N(C2(C(N)=S)CCCC2)C1=O. The fourth-order valence-electron chi connectivity index (χ4n) is 2.77. The van der Waals surface area contributed by atoms with Crippen LogP contribution in [0.1, 0.15) is 39.0 Å². The standard InChI is InChI=1S/C11H16N2O2S/c1-7-6-8(14)13(9(7)15)11(10(12)16)4-2-3-5-11/h7H,2-6H2,1H3,(H2,12,16). The molecule has 1 atom stereocenters. The zero-order valence-corrected chi connectivity index (χ0v) is 10.2. The fraction of sp³-hybridized carbons (Fsp3) is 0.727. The van der Waals surface area contributed by atoms with Gasteiger partial charge in [-0.1, -0.05) is 32.0 Å². The van der Waals surface area contributed by atoms with Crippen molar-refractivity contribution in [2.75, 3.05) is 0 Å². The molecule has 88 valence electrons. The lowest BCUT2D eigenvalue weighted by atomic mass is 9.95. The average Bonchev–Trinajstić information content (AvgIpc) is 2.75. The molecule has 2 aliphatic rings. The molecular formula is C11H16N2O2S. The van der Waals surface area contributed by atoms with Gasteiger partial charge < -0.3 is 5.73 Å². The van der Waals surface area contributed by atoms with Crippen molar-refractivity contribution in [3.63, 3.8) is 0 Å². The lowest BCUT2D eigenvalue weighted by Gasteiger charge is -2.36. The van der Waals surface area contributed by atoms with Crippen molar-refractivity contribution >= 4 is 29.0 Å². The number of carbonyl (C=O) groups is 2. The van der Waals surface area contributed by atoms with Gasteiger partial charge in [0.1, 0.15) is 5.54 Å². The molecule has 0 spiro atoms. The molecule has 1 unspecified atom stereocenters. The maximum atomic E-state index is 12.0. The normalized spacial score (nSPS) is 28.8. The first kappa shape index (κ1) is 11.5. The van der Waals surface area contributed by atoms with Crippen molar-refractivity contribution in [3.8, 4) is 0 Å². The van der Waals surface area contributed by atoms with Gasteiger partial charge in [-0.05, 0) is 12.8 Å². The van der Waals surface area contributed by atoms with E-state index in [4.69, 9.17) is 18.0 Å². The van der Waals surface area contributed by atoms with E-state index in [1.807, 2.05) is 0 Å². The van der Waals surface area contributed by atoms with Crippen molar-refractivity contribution in [2.45, 2.75) is 44.6 Å². The number of hydrogen-bond donors (Lipinski definition) is 1. The van der Waals surface area contributed by atoms with E-state index >= 15 is 0 Å². The van der Waals surface area contributed by atoms with Crippen LogP contribution in [-0.4, -0.2) is 27.2 Å². The van der Waals surface area contributed by atoms with E-state index in [1.54, 1.807) is 6.92 Å². The Morgan fingerprint density at radius 2 is 2.00 bits per heavy atom. The molecule has 1 saturated heterocycles. The van der Waals surface area contributed by atoms with E-state index in [-0.39, 0.29) is 17.7 Å². The minimum atomic E-state index is -0.658. The number of nitrogens with zero attached hydrogens (tertiary/aromatic N) is 1. The zero-order valence-electron chi connectivity index (χ0n) is 9.36. The van der Waals surface area contributed by atoms with E-state index in [0.29, 0.717) is 11.4 Å². The minimum absolute atomic E-state index is 0.111. The Balaban J connectivity index is 2.38. The largest absolute Gasteiger partial charge is 0.391 e. The second-order valence-corrected chi connectivity index (χ2v) is 5.22. The number of hydrogen-bond acceptors (Lipinski definition) is 3. The number of likely N-dealkylation sites (tertiary alicyclic amines) is 1. The van der Waals surface area contributed by atoms with Crippen LogP contribution in [0.4, 0.5) is 0 Å². The van der Waals surface area contributed by atoms with Gasteiger partial charge in [-0.25, -0.2) is 0 Å². The molecular weight excluding hydrogens is 224 g/mol. The third-order valence-electron chi connectivity index (χ3n) is 3.69. The van der Waals surface area contributed by atoms with Crippen molar-refractivity contribution < 1.29 is 9.59 Å². The molecule has 5 heteroatoms. The number of thiocarbonyl (C=S) groups is 1. The summed E-state index contributed by atoms with van der Waals surface area (Å²) < 4.78 is 0.